The van der Waals surface area contributed by atoms with Crippen LogP contribution in [0.15, 0.2) is 95.4 Å². The average molecular weight is 494 g/mol. The average Bonchev–Trinajstić information content (AvgIpc) is 2.95. The van der Waals surface area contributed by atoms with Gasteiger partial charge in [0.2, 0.25) is 0 Å². The van der Waals surface area contributed by atoms with Crippen LogP contribution in [0.2, 0.25) is 0 Å². The van der Waals surface area contributed by atoms with E-state index in [2.05, 4.69) is 73.7 Å². The first kappa shape index (κ1) is 26.2. The third kappa shape index (κ3) is 7.10. The van der Waals surface area contributed by atoms with Crippen LogP contribution in [0.1, 0.15) is 57.8 Å². The van der Waals surface area contributed by atoms with Crippen molar-refractivity contribution >= 4 is 11.6 Å². The van der Waals surface area contributed by atoms with E-state index in [9.17, 15) is 0 Å². The molecule has 0 atom stereocenters. The van der Waals surface area contributed by atoms with Crippen molar-refractivity contribution < 1.29 is 13.9 Å². The minimum absolute atomic E-state index is 0.589. The molecule has 0 aliphatic carbocycles. The zero-order chi connectivity index (χ0) is 25.9. The van der Waals surface area contributed by atoms with Gasteiger partial charge in [-0.25, -0.2) is 4.42 Å². The Hall–Kier alpha value is -3.85. The van der Waals surface area contributed by atoms with Gasteiger partial charge < -0.3 is 9.47 Å². The van der Waals surface area contributed by atoms with Crippen molar-refractivity contribution in [2.75, 3.05) is 13.2 Å². The second-order valence-corrected chi connectivity index (χ2v) is 9.01. The maximum atomic E-state index is 6.61. The maximum absolute atomic E-state index is 6.61. The Balaban J connectivity index is 1.83. The molecule has 3 nitrogen and oxygen atoms in total. The first-order valence-electron chi connectivity index (χ1n) is 13.4. The summed E-state index contributed by atoms with van der Waals surface area (Å²) in [6, 6.07) is 31.3. The molecule has 190 valence electrons. The number of rotatable bonds is 12. The zero-order valence-electron chi connectivity index (χ0n) is 22.2. The molecule has 0 saturated heterocycles. The molecule has 3 heteroatoms. The highest BCUT2D eigenvalue weighted by Crippen LogP contribution is 2.35. The summed E-state index contributed by atoms with van der Waals surface area (Å²) in [4.78, 5) is 0. The lowest BCUT2D eigenvalue weighted by molar-refractivity contribution is 0.287. The van der Waals surface area contributed by atoms with Gasteiger partial charge in [0.05, 0.1) is 36.5 Å². The van der Waals surface area contributed by atoms with Crippen LogP contribution in [0.3, 0.4) is 0 Å². The SMILES string of the molecule is CCCCCC(=Cc1ccc(OCC)c(OCC)c1)c1cc(-c2ccccc2)cc(-c2ccccc2)[o+]1. The monoisotopic (exact) mass is 493 g/mol. The molecule has 4 rings (SSSR count). The van der Waals surface area contributed by atoms with E-state index >= 15 is 0 Å². The molecule has 0 N–H and O–H groups in total. The van der Waals surface area contributed by atoms with Crippen molar-refractivity contribution in [3.8, 4) is 33.9 Å². The van der Waals surface area contributed by atoms with Crippen LogP contribution in [0.4, 0.5) is 0 Å². The molecule has 0 spiro atoms. The van der Waals surface area contributed by atoms with Gasteiger partial charge >= 0.3 is 11.5 Å². The summed E-state index contributed by atoms with van der Waals surface area (Å²) in [5, 5.41) is 0. The second-order valence-electron chi connectivity index (χ2n) is 9.01. The fourth-order valence-electron chi connectivity index (χ4n) is 4.39. The van der Waals surface area contributed by atoms with E-state index in [1.54, 1.807) is 0 Å². The number of ether oxygens (including phenoxy) is 2. The van der Waals surface area contributed by atoms with Crippen molar-refractivity contribution in [3.63, 3.8) is 0 Å². The van der Waals surface area contributed by atoms with Gasteiger partial charge in [-0.3, -0.25) is 0 Å². The van der Waals surface area contributed by atoms with Crippen LogP contribution in [0.5, 0.6) is 11.5 Å². The molecule has 0 fully saturated rings. The Bertz CT molecular complexity index is 1240. The number of hydrogen-bond acceptors (Lipinski definition) is 2. The van der Waals surface area contributed by atoms with E-state index in [1.165, 1.54) is 24.0 Å². The second kappa shape index (κ2) is 13.5. The first-order valence-corrected chi connectivity index (χ1v) is 13.4. The Morgan fingerprint density at radius 1 is 0.676 bits per heavy atom. The molecule has 0 radical (unpaired) electrons. The van der Waals surface area contributed by atoms with Crippen LogP contribution in [-0.2, 0) is 0 Å². The van der Waals surface area contributed by atoms with Gasteiger partial charge in [0.1, 0.15) is 0 Å². The third-order valence-electron chi connectivity index (χ3n) is 6.23. The minimum Gasteiger partial charge on any atom is -0.490 e. The van der Waals surface area contributed by atoms with Gasteiger partial charge in [-0.2, -0.15) is 0 Å². The molecule has 1 heterocycles. The van der Waals surface area contributed by atoms with Crippen LogP contribution in [0, 0.1) is 0 Å². The molecule has 37 heavy (non-hydrogen) atoms. The predicted octanol–water partition coefficient (Wildman–Crippen LogP) is 9.81. The highest BCUT2D eigenvalue weighted by Gasteiger charge is 2.22. The maximum Gasteiger partial charge on any atom is 0.361 e. The Kier molecular flexibility index (Phi) is 9.54. The van der Waals surface area contributed by atoms with Crippen molar-refractivity contribution in [3.05, 3.63) is 102 Å². The quantitative estimate of drug-likeness (QED) is 0.145. The summed E-state index contributed by atoms with van der Waals surface area (Å²) in [6.45, 7) is 7.41. The topological polar surface area (TPSA) is 29.8 Å². The van der Waals surface area contributed by atoms with E-state index in [0.717, 1.165) is 52.6 Å². The van der Waals surface area contributed by atoms with Crippen LogP contribution in [-0.4, -0.2) is 13.2 Å². The number of unbranched alkanes of at least 4 members (excludes halogenated alkanes) is 2. The molecular formula is C34H37O3+. The van der Waals surface area contributed by atoms with Crippen LogP contribution in [0.25, 0.3) is 34.1 Å². The molecule has 1 aromatic heterocycles. The largest absolute Gasteiger partial charge is 0.490 e. The number of allylic oxidation sites excluding steroid dienone is 1. The lowest BCUT2D eigenvalue weighted by Crippen LogP contribution is -1.98. The van der Waals surface area contributed by atoms with Gasteiger partial charge in [-0.15, -0.1) is 0 Å². The van der Waals surface area contributed by atoms with Crippen LogP contribution >= 0.6 is 0 Å². The van der Waals surface area contributed by atoms with E-state index in [4.69, 9.17) is 13.9 Å². The van der Waals surface area contributed by atoms with Crippen molar-refractivity contribution in [1.82, 2.24) is 0 Å². The highest BCUT2D eigenvalue weighted by atomic mass is 16.5. The zero-order valence-corrected chi connectivity index (χ0v) is 22.2. The van der Waals surface area contributed by atoms with Crippen molar-refractivity contribution in [2.45, 2.75) is 46.5 Å². The van der Waals surface area contributed by atoms with Gasteiger partial charge in [-0.1, -0.05) is 74.4 Å². The molecule has 4 aromatic rings. The molecule has 0 amide bonds. The first-order chi connectivity index (χ1) is 18.2. The van der Waals surface area contributed by atoms with Gasteiger partial charge in [-0.05, 0) is 68.2 Å². The van der Waals surface area contributed by atoms with Gasteiger partial charge in [0, 0.05) is 5.56 Å². The number of hydrogen-bond donors (Lipinski definition) is 0. The Labute approximate surface area is 221 Å². The molecule has 0 aliphatic rings. The van der Waals surface area contributed by atoms with E-state index < -0.39 is 0 Å². The summed E-state index contributed by atoms with van der Waals surface area (Å²) in [5.41, 5.74) is 5.62. The van der Waals surface area contributed by atoms with Crippen molar-refractivity contribution in [2.24, 2.45) is 0 Å². The molecule has 3 aromatic carbocycles. The normalized spacial score (nSPS) is 11.4. The Morgan fingerprint density at radius 3 is 2.03 bits per heavy atom. The Morgan fingerprint density at radius 2 is 1.35 bits per heavy atom. The molecule has 0 unspecified atom stereocenters. The van der Waals surface area contributed by atoms with E-state index in [0.29, 0.717) is 13.2 Å². The number of benzene rings is 3. The van der Waals surface area contributed by atoms with Gasteiger partial charge in [0.25, 0.3) is 0 Å². The summed E-state index contributed by atoms with van der Waals surface area (Å²) >= 11 is 0. The van der Waals surface area contributed by atoms with Gasteiger partial charge in [0.15, 0.2) is 11.5 Å². The summed E-state index contributed by atoms with van der Waals surface area (Å²) in [7, 11) is 0. The fourth-order valence-corrected chi connectivity index (χ4v) is 4.39. The molecule has 0 bridgehead atoms. The molecule has 0 saturated carbocycles. The summed E-state index contributed by atoms with van der Waals surface area (Å²) in [6.07, 6.45) is 6.61. The summed E-state index contributed by atoms with van der Waals surface area (Å²) in [5.74, 6) is 3.30. The molecule has 0 aliphatic heterocycles. The predicted molar refractivity (Wildman–Crippen MR) is 155 cm³/mol. The fraction of sp³-hybridized carbons (Fsp3) is 0.265. The third-order valence-corrected chi connectivity index (χ3v) is 6.23. The van der Waals surface area contributed by atoms with Crippen LogP contribution < -0.4 is 9.47 Å². The lowest BCUT2D eigenvalue weighted by atomic mass is 9.98. The van der Waals surface area contributed by atoms with E-state index in [1.807, 2.05) is 44.2 Å². The van der Waals surface area contributed by atoms with Crippen molar-refractivity contribution in [1.29, 1.82) is 0 Å². The highest BCUT2D eigenvalue weighted by molar-refractivity contribution is 5.82. The van der Waals surface area contributed by atoms with E-state index in [-0.39, 0.29) is 0 Å². The summed E-state index contributed by atoms with van der Waals surface area (Å²) < 4.78 is 18.3. The standard InChI is InChI=1S/C34H37O3/c1-4-7-10-19-29(22-26-20-21-31(35-5-2)34(23-26)36-6-3)33-25-30(27-15-11-8-12-16-27)24-32(37-33)28-17-13-9-14-18-28/h8-9,11-18,20-25H,4-7,10,19H2,1-3H3/q+1. The smallest absolute Gasteiger partial charge is 0.361 e. The lowest BCUT2D eigenvalue weighted by Gasteiger charge is -2.11. The minimum atomic E-state index is 0.589. The molecular weight excluding hydrogens is 456 g/mol.